The van der Waals surface area contributed by atoms with E-state index in [2.05, 4.69) is 25.7 Å². The van der Waals surface area contributed by atoms with Crippen molar-refractivity contribution in [3.05, 3.63) is 29.5 Å². The average Bonchev–Trinajstić information content (AvgIpc) is 2.76. The van der Waals surface area contributed by atoms with Gasteiger partial charge in [0.25, 0.3) is 0 Å². The molecule has 0 aliphatic heterocycles. The van der Waals surface area contributed by atoms with Crippen molar-refractivity contribution in [1.29, 1.82) is 0 Å². The quantitative estimate of drug-likeness (QED) is 0.788. The van der Waals surface area contributed by atoms with Crippen LogP contribution < -0.4 is 5.32 Å². The molecule has 0 unspecified atom stereocenters. The molecule has 0 amide bonds. The molecule has 2 aromatic heterocycles. The van der Waals surface area contributed by atoms with E-state index in [1.807, 2.05) is 0 Å². The van der Waals surface area contributed by atoms with Crippen LogP contribution in [0.2, 0.25) is 0 Å². The Morgan fingerprint density at radius 3 is 2.83 bits per heavy atom. The molecule has 8 nitrogen and oxygen atoms in total. The van der Waals surface area contributed by atoms with Gasteiger partial charge in [0.05, 0.1) is 0 Å². The van der Waals surface area contributed by atoms with Gasteiger partial charge in [-0.1, -0.05) is 5.16 Å². The predicted octanol–water partition coefficient (Wildman–Crippen LogP) is 0.521. The molecule has 0 aromatic carbocycles. The largest absolute Gasteiger partial charge is 0.476 e. The monoisotopic (exact) mass is 249 g/mol. The maximum atomic E-state index is 10.6. The second-order valence-electron chi connectivity index (χ2n) is 3.52. The molecule has 2 rings (SSSR count). The minimum Gasteiger partial charge on any atom is -0.476 e. The number of hydrogen-bond donors (Lipinski definition) is 2. The highest BCUT2D eigenvalue weighted by molar-refractivity contribution is 5.85. The maximum Gasteiger partial charge on any atom is 0.356 e. The molecule has 0 atom stereocenters. The van der Waals surface area contributed by atoms with Crippen LogP contribution in [0.5, 0.6) is 0 Å². The molecule has 0 fully saturated rings. The highest BCUT2D eigenvalue weighted by atomic mass is 16.5. The second-order valence-corrected chi connectivity index (χ2v) is 3.52. The zero-order valence-corrected chi connectivity index (χ0v) is 9.62. The van der Waals surface area contributed by atoms with Crippen LogP contribution in [0, 0.1) is 6.92 Å². The van der Waals surface area contributed by atoms with Crippen LogP contribution in [0.4, 0.5) is 5.82 Å². The third kappa shape index (κ3) is 3.00. The van der Waals surface area contributed by atoms with Crippen molar-refractivity contribution < 1.29 is 14.4 Å². The number of aromatic nitrogens is 4. The molecular formula is C10H11N5O3. The van der Waals surface area contributed by atoms with Crippen LogP contribution in [0.1, 0.15) is 22.2 Å². The number of aryl methyl sites for hydroxylation is 1. The third-order valence-electron chi connectivity index (χ3n) is 2.11. The van der Waals surface area contributed by atoms with E-state index >= 15 is 0 Å². The summed E-state index contributed by atoms with van der Waals surface area (Å²) < 4.78 is 4.83. The molecule has 0 aliphatic rings. The summed E-state index contributed by atoms with van der Waals surface area (Å²) in [6.45, 7) is 2.28. The number of carboxylic acid groups (broad SMARTS) is 1. The molecule has 2 aromatic rings. The van der Waals surface area contributed by atoms with Gasteiger partial charge in [-0.2, -0.15) is 4.98 Å². The topological polar surface area (TPSA) is 114 Å². The normalized spacial score (nSPS) is 10.3. The summed E-state index contributed by atoms with van der Waals surface area (Å²) in [6.07, 6.45) is 0.583. The fraction of sp³-hybridized carbons (Fsp3) is 0.300. The summed E-state index contributed by atoms with van der Waals surface area (Å²) in [7, 11) is 0. The molecule has 0 saturated carbocycles. The Hall–Kier alpha value is -2.51. The van der Waals surface area contributed by atoms with Gasteiger partial charge >= 0.3 is 5.97 Å². The van der Waals surface area contributed by atoms with Crippen LogP contribution in [-0.2, 0) is 6.42 Å². The van der Waals surface area contributed by atoms with Gasteiger partial charge in [0, 0.05) is 19.9 Å². The van der Waals surface area contributed by atoms with Crippen LogP contribution in [0.15, 0.2) is 16.7 Å². The minimum atomic E-state index is -1.10. The van der Waals surface area contributed by atoms with E-state index < -0.39 is 5.97 Å². The molecule has 2 N–H and O–H groups in total. The third-order valence-corrected chi connectivity index (χ3v) is 2.11. The summed E-state index contributed by atoms with van der Waals surface area (Å²) in [4.78, 5) is 14.6. The van der Waals surface area contributed by atoms with Crippen LogP contribution in [0.3, 0.4) is 0 Å². The van der Waals surface area contributed by atoms with Gasteiger partial charge in [0.1, 0.15) is 5.82 Å². The van der Waals surface area contributed by atoms with Gasteiger partial charge in [0.15, 0.2) is 11.5 Å². The molecule has 94 valence electrons. The number of nitrogens with one attached hydrogen (secondary N) is 1. The van der Waals surface area contributed by atoms with Crippen molar-refractivity contribution in [3.63, 3.8) is 0 Å². The molecule has 0 bridgehead atoms. The smallest absolute Gasteiger partial charge is 0.356 e. The molecule has 2 heterocycles. The first kappa shape index (κ1) is 12.0. The summed E-state index contributed by atoms with van der Waals surface area (Å²) in [5.41, 5.74) is -0.0886. The number of carboxylic acids is 1. The maximum absolute atomic E-state index is 10.6. The lowest BCUT2D eigenvalue weighted by Crippen LogP contribution is -2.09. The van der Waals surface area contributed by atoms with Crippen molar-refractivity contribution >= 4 is 11.8 Å². The molecule has 0 aliphatic carbocycles. The van der Waals surface area contributed by atoms with Crippen molar-refractivity contribution in [2.24, 2.45) is 0 Å². The summed E-state index contributed by atoms with van der Waals surface area (Å²) in [5, 5.41) is 22.7. The van der Waals surface area contributed by atoms with Gasteiger partial charge in [-0.05, 0) is 12.1 Å². The fourth-order valence-electron chi connectivity index (χ4n) is 1.29. The van der Waals surface area contributed by atoms with E-state index in [0.29, 0.717) is 30.5 Å². The summed E-state index contributed by atoms with van der Waals surface area (Å²) in [6, 6.07) is 2.94. The predicted molar refractivity (Wildman–Crippen MR) is 60.2 cm³/mol. The van der Waals surface area contributed by atoms with Crippen LogP contribution in [-0.4, -0.2) is 38.0 Å². The fourth-order valence-corrected chi connectivity index (χ4v) is 1.29. The van der Waals surface area contributed by atoms with Gasteiger partial charge < -0.3 is 14.9 Å². The van der Waals surface area contributed by atoms with E-state index in [1.54, 1.807) is 13.0 Å². The van der Waals surface area contributed by atoms with Gasteiger partial charge in [-0.25, -0.2) is 4.79 Å². The summed E-state index contributed by atoms with van der Waals surface area (Å²) in [5.74, 6) is 0.530. The number of anilines is 1. The van der Waals surface area contributed by atoms with E-state index in [1.165, 1.54) is 6.07 Å². The molecule has 0 radical (unpaired) electrons. The van der Waals surface area contributed by atoms with Gasteiger partial charge in [-0.3, -0.25) is 0 Å². The van der Waals surface area contributed by atoms with Gasteiger partial charge in [-0.15, -0.1) is 10.2 Å². The number of hydrogen-bond acceptors (Lipinski definition) is 7. The molecule has 8 heteroatoms. The van der Waals surface area contributed by atoms with E-state index in [4.69, 9.17) is 9.63 Å². The van der Waals surface area contributed by atoms with E-state index in [9.17, 15) is 4.79 Å². The molecule has 18 heavy (non-hydrogen) atoms. The van der Waals surface area contributed by atoms with Crippen molar-refractivity contribution in [2.75, 3.05) is 11.9 Å². The lowest BCUT2D eigenvalue weighted by Gasteiger charge is -2.02. The Bertz CT molecular complexity index is 537. The Morgan fingerprint density at radius 2 is 2.28 bits per heavy atom. The van der Waals surface area contributed by atoms with E-state index in [0.717, 1.165) is 0 Å². The lowest BCUT2D eigenvalue weighted by atomic mass is 10.3. The average molecular weight is 249 g/mol. The first-order valence-corrected chi connectivity index (χ1v) is 5.25. The molecular weight excluding hydrogens is 238 g/mol. The highest BCUT2D eigenvalue weighted by Crippen LogP contribution is 2.02. The molecule has 0 saturated heterocycles. The SMILES string of the molecule is Cc1nc(CCNc2ccc(C(=O)O)nn2)no1. The standard InChI is InChI=1S/C10H11N5O3/c1-6-12-9(15-18-6)4-5-11-8-3-2-7(10(16)17)13-14-8/h2-3H,4-5H2,1H3,(H,11,14)(H,16,17). The van der Waals surface area contributed by atoms with Crippen LogP contribution in [0.25, 0.3) is 0 Å². The van der Waals surface area contributed by atoms with Gasteiger partial charge in [0.2, 0.25) is 5.89 Å². The minimum absolute atomic E-state index is 0.0886. The zero-order valence-electron chi connectivity index (χ0n) is 9.62. The molecule has 0 spiro atoms. The Kier molecular flexibility index (Phi) is 3.46. The Labute approximate surface area is 102 Å². The highest BCUT2D eigenvalue weighted by Gasteiger charge is 2.05. The van der Waals surface area contributed by atoms with Crippen LogP contribution >= 0.6 is 0 Å². The van der Waals surface area contributed by atoms with Crippen molar-refractivity contribution in [1.82, 2.24) is 20.3 Å². The zero-order chi connectivity index (χ0) is 13.0. The van der Waals surface area contributed by atoms with Crippen molar-refractivity contribution in [3.8, 4) is 0 Å². The lowest BCUT2D eigenvalue weighted by molar-refractivity contribution is 0.0689. The Balaban J connectivity index is 1.85. The first-order valence-electron chi connectivity index (χ1n) is 5.25. The number of aromatic carboxylic acids is 1. The number of carbonyl (C=O) groups is 1. The number of rotatable bonds is 5. The second kappa shape index (κ2) is 5.21. The summed E-state index contributed by atoms with van der Waals surface area (Å²) >= 11 is 0. The Morgan fingerprint density at radius 1 is 1.44 bits per heavy atom. The van der Waals surface area contributed by atoms with Crippen molar-refractivity contribution in [2.45, 2.75) is 13.3 Å². The number of nitrogens with zero attached hydrogens (tertiary/aromatic N) is 4. The van der Waals surface area contributed by atoms with E-state index in [-0.39, 0.29) is 5.69 Å². The first-order chi connectivity index (χ1) is 8.65.